The van der Waals surface area contributed by atoms with E-state index >= 15 is 0 Å². The van der Waals surface area contributed by atoms with Crippen LogP contribution in [-0.4, -0.2) is 4.98 Å². The normalized spacial score (nSPS) is 22.0. The molecule has 12 heavy (non-hydrogen) atoms. The minimum absolute atomic E-state index is 0.593. The predicted molar refractivity (Wildman–Crippen MR) is 50.6 cm³/mol. The number of pyridine rings is 1. The smallest absolute Gasteiger partial charge is 0.0474 e. The van der Waals surface area contributed by atoms with Crippen molar-refractivity contribution in [2.45, 2.75) is 32.1 Å². The molecule has 0 saturated heterocycles. The van der Waals surface area contributed by atoms with Crippen LogP contribution in [0.5, 0.6) is 0 Å². The van der Waals surface area contributed by atoms with Gasteiger partial charge in [-0.3, -0.25) is 4.98 Å². The van der Waals surface area contributed by atoms with Crippen molar-refractivity contribution in [1.82, 2.24) is 4.98 Å². The Morgan fingerprint density at radius 3 is 3.17 bits per heavy atom. The molecule has 64 valence electrons. The molecule has 1 aromatic rings. The van der Waals surface area contributed by atoms with Crippen molar-refractivity contribution in [2.24, 2.45) is 0 Å². The fourth-order valence-electron chi connectivity index (χ4n) is 1.93. The van der Waals surface area contributed by atoms with E-state index in [0.29, 0.717) is 5.92 Å². The number of aryl methyl sites for hydroxylation is 1. The van der Waals surface area contributed by atoms with Crippen molar-refractivity contribution in [3.05, 3.63) is 28.5 Å². The van der Waals surface area contributed by atoms with Crippen molar-refractivity contribution >= 4 is 11.6 Å². The maximum absolute atomic E-state index is 6.10. The minimum Gasteiger partial charge on any atom is -0.261 e. The highest BCUT2D eigenvalue weighted by Gasteiger charge is 2.19. The lowest BCUT2D eigenvalue weighted by Gasteiger charge is -2.21. The van der Waals surface area contributed by atoms with E-state index in [1.165, 1.54) is 24.1 Å². The second kappa shape index (κ2) is 3.06. The standard InChI is InChI=1S/C10H12ClN/c1-7-3-2-4-9-10(7)8(11)5-6-12-9/h5-7H,2-4H2,1H3/t7-/m1/s1. The van der Waals surface area contributed by atoms with Gasteiger partial charge in [0.25, 0.3) is 0 Å². The molecule has 2 heteroatoms. The van der Waals surface area contributed by atoms with Gasteiger partial charge in [-0.2, -0.15) is 0 Å². The average Bonchev–Trinajstić information content (AvgIpc) is 2.04. The van der Waals surface area contributed by atoms with Crippen LogP contribution >= 0.6 is 11.6 Å². The number of fused-ring (bicyclic) bond motifs is 1. The van der Waals surface area contributed by atoms with Crippen molar-refractivity contribution < 1.29 is 0 Å². The van der Waals surface area contributed by atoms with Gasteiger partial charge in [0.1, 0.15) is 0 Å². The van der Waals surface area contributed by atoms with Gasteiger partial charge in [-0.05, 0) is 36.8 Å². The summed E-state index contributed by atoms with van der Waals surface area (Å²) < 4.78 is 0. The third-order valence-corrected chi connectivity index (χ3v) is 2.89. The quantitative estimate of drug-likeness (QED) is 0.599. The molecule has 0 radical (unpaired) electrons. The zero-order valence-corrected chi connectivity index (χ0v) is 7.93. The SMILES string of the molecule is C[C@@H]1CCCc2nccc(Cl)c21. The molecule has 0 spiro atoms. The summed E-state index contributed by atoms with van der Waals surface area (Å²) in [5.41, 5.74) is 2.49. The van der Waals surface area contributed by atoms with E-state index in [4.69, 9.17) is 11.6 Å². The van der Waals surface area contributed by atoms with Gasteiger partial charge in [-0.15, -0.1) is 0 Å². The first kappa shape index (κ1) is 8.06. The van der Waals surface area contributed by atoms with Gasteiger partial charge in [0, 0.05) is 16.9 Å². The summed E-state index contributed by atoms with van der Waals surface area (Å²) in [4.78, 5) is 4.35. The second-order valence-corrected chi connectivity index (χ2v) is 3.85. The van der Waals surface area contributed by atoms with E-state index in [-0.39, 0.29) is 0 Å². The number of halogens is 1. The largest absolute Gasteiger partial charge is 0.261 e. The highest BCUT2D eigenvalue weighted by atomic mass is 35.5. The van der Waals surface area contributed by atoms with E-state index in [1.807, 2.05) is 6.07 Å². The molecule has 1 aliphatic rings. The van der Waals surface area contributed by atoms with Crippen LogP contribution in [0.4, 0.5) is 0 Å². The number of nitrogens with zero attached hydrogens (tertiary/aromatic N) is 1. The predicted octanol–water partition coefficient (Wildman–Crippen LogP) is 3.17. The van der Waals surface area contributed by atoms with Crippen LogP contribution in [0.15, 0.2) is 12.3 Å². The van der Waals surface area contributed by atoms with E-state index < -0.39 is 0 Å². The third kappa shape index (κ3) is 1.22. The molecule has 0 saturated carbocycles. The fourth-order valence-corrected chi connectivity index (χ4v) is 2.28. The molecule has 1 aliphatic carbocycles. The fraction of sp³-hybridized carbons (Fsp3) is 0.500. The molecule has 0 bridgehead atoms. The summed E-state index contributed by atoms with van der Waals surface area (Å²) in [7, 11) is 0. The molecule has 0 fully saturated rings. The van der Waals surface area contributed by atoms with E-state index in [2.05, 4.69) is 11.9 Å². The summed E-state index contributed by atoms with van der Waals surface area (Å²) in [5, 5.41) is 0.896. The van der Waals surface area contributed by atoms with Crippen LogP contribution in [0.2, 0.25) is 5.02 Å². The van der Waals surface area contributed by atoms with Crippen molar-refractivity contribution in [1.29, 1.82) is 0 Å². The summed E-state index contributed by atoms with van der Waals surface area (Å²) >= 11 is 6.10. The number of aromatic nitrogens is 1. The van der Waals surface area contributed by atoms with Crippen LogP contribution in [0.1, 0.15) is 36.9 Å². The van der Waals surface area contributed by atoms with Gasteiger partial charge >= 0.3 is 0 Å². The average molecular weight is 182 g/mol. The zero-order valence-electron chi connectivity index (χ0n) is 7.18. The van der Waals surface area contributed by atoms with Crippen LogP contribution in [-0.2, 0) is 6.42 Å². The molecular formula is C10H12ClN. The Kier molecular flexibility index (Phi) is 2.05. The lowest BCUT2D eigenvalue weighted by Crippen LogP contribution is -2.09. The number of rotatable bonds is 0. The Labute approximate surface area is 77.8 Å². The Hall–Kier alpha value is -0.560. The Morgan fingerprint density at radius 2 is 2.42 bits per heavy atom. The first-order valence-electron chi connectivity index (χ1n) is 4.42. The van der Waals surface area contributed by atoms with E-state index in [0.717, 1.165) is 11.4 Å². The van der Waals surface area contributed by atoms with Crippen LogP contribution < -0.4 is 0 Å². The van der Waals surface area contributed by atoms with Crippen molar-refractivity contribution in [3.8, 4) is 0 Å². The number of hydrogen-bond donors (Lipinski definition) is 0. The molecule has 0 amide bonds. The van der Waals surface area contributed by atoms with Gasteiger partial charge in [0.05, 0.1) is 0 Å². The third-order valence-electron chi connectivity index (χ3n) is 2.56. The molecular weight excluding hydrogens is 170 g/mol. The highest BCUT2D eigenvalue weighted by Crippen LogP contribution is 2.34. The van der Waals surface area contributed by atoms with E-state index in [9.17, 15) is 0 Å². The van der Waals surface area contributed by atoms with Gasteiger partial charge in [0.15, 0.2) is 0 Å². The Bertz CT molecular complexity index is 296. The summed E-state index contributed by atoms with van der Waals surface area (Å²) in [5.74, 6) is 0.593. The lowest BCUT2D eigenvalue weighted by atomic mass is 9.87. The topological polar surface area (TPSA) is 12.9 Å². The summed E-state index contributed by atoms with van der Waals surface area (Å²) in [6.45, 7) is 2.23. The van der Waals surface area contributed by atoms with Gasteiger partial charge < -0.3 is 0 Å². The highest BCUT2D eigenvalue weighted by molar-refractivity contribution is 6.31. The molecule has 1 heterocycles. The first-order chi connectivity index (χ1) is 5.79. The van der Waals surface area contributed by atoms with Crippen LogP contribution in [0, 0.1) is 0 Å². The maximum atomic E-state index is 6.10. The Morgan fingerprint density at radius 1 is 1.58 bits per heavy atom. The van der Waals surface area contributed by atoms with Gasteiger partial charge in [-0.1, -0.05) is 18.5 Å². The van der Waals surface area contributed by atoms with Crippen LogP contribution in [0.3, 0.4) is 0 Å². The van der Waals surface area contributed by atoms with Crippen LogP contribution in [0.25, 0.3) is 0 Å². The van der Waals surface area contributed by atoms with Crippen molar-refractivity contribution in [2.75, 3.05) is 0 Å². The Balaban J connectivity index is 2.53. The summed E-state index contributed by atoms with van der Waals surface area (Å²) in [6, 6.07) is 1.89. The zero-order chi connectivity index (χ0) is 8.55. The minimum atomic E-state index is 0.593. The van der Waals surface area contributed by atoms with E-state index in [1.54, 1.807) is 6.20 Å². The molecule has 0 aliphatic heterocycles. The molecule has 0 N–H and O–H groups in total. The molecule has 1 nitrogen and oxygen atoms in total. The number of hydrogen-bond acceptors (Lipinski definition) is 1. The molecule has 1 atom stereocenters. The molecule has 1 aromatic heterocycles. The molecule has 0 aromatic carbocycles. The maximum Gasteiger partial charge on any atom is 0.0474 e. The first-order valence-corrected chi connectivity index (χ1v) is 4.80. The molecule has 0 unspecified atom stereocenters. The summed E-state index contributed by atoms with van der Waals surface area (Å²) in [6.07, 6.45) is 5.40. The monoisotopic (exact) mass is 181 g/mol. The second-order valence-electron chi connectivity index (χ2n) is 3.45. The van der Waals surface area contributed by atoms with Gasteiger partial charge in [0.2, 0.25) is 0 Å². The van der Waals surface area contributed by atoms with Crippen molar-refractivity contribution in [3.63, 3.8) is 0 Å². The lowest BCUT2D eigenvalue weighted by molar-refractivity contribution is 0.579. The van der Waals surface area contributed by atoms with Gasteiger partial charge in [-0.25, -0.2) is 0 Å². The molecule has 2 rings (SSSR count).